The first-order valence-electron chi connectivity index (χ1n) is 6.13. The average Bonchev–Trinajstić information content (AvgIpc) is 2.21. The van der Waals surface area contributed by atoms with Crippen LogP contribution < -0.4 is 0 Å². The highest BCUT2D eigenvalue weighted by Crippen LogP contribution is 2.23. The van der Waals surface area contributed by atoms with E-state index >= 15 is 0 Å². The van der Waals surface area contributed by atoms with Gasteiger partial charge in [-0.2, -0.15) is 0 Å². The van der Waals surface area contributed by atoms with Crippen LogP contribution in [0.25, 0.3) is 0 Å². The zero-order valence-corrected chi connectivity index (χ0v) is 11.1. The Morgan fingerprint density at radius 3 is 1.80 bits per heavy atom. The molecule has 0 spiro atoms. The predicted octanol–water partition coefficient (Wildman–Crippen LogP) is 3.36. The highest BCUT2D eigenvalue weighted by molar-refractivity contribution is 4.69. The topological polar surface area (TPSA) is 18.5 Å². The zero-order valence-electron chi connectivity index (χ0n) is 11.1. The minimum absolute atomic E-state index is 0.647. The van der Waals surface area contributed by atoms with Crippen LogP contribution in [0.4, 0.5) is 0 Å². The molecule has 0 saturated heterocycles. The molecule has 0 N–H and O–H groups in total. The van der Waals surface area contributed by atoms with E-state index in [0.29, 0.717) is 11.8 Å². The lowest BCUT2D eigenvalue weighted by Gasteiger charge is -2.25. The molecule has 0 aliphatic rings. The van der Waals surface area contributed by atoms with Crippen molar-refractivity contribution in [2.75, 3.05) is 27.4 Å². The van der Waals surface area contributed by atoms with Crippen molar-refractivity contribution >= 4 is 0 Å². The molecule has 0 heterocycles. The van der Waals surface area contributed by atoms with Gasteiger partial charge in [0.1, 0.15) is 0 Å². The third-order valence-electron chi connectivity index (χ3n) is 3.07. The van der Waals surface area contributed by atoms with Gasteiger partial charge in [0.25, 0.3) is 0 Å². The van der Waals surface area contributed by atoms with Gasteiger partial charge in [0, 0.05) is 27.4 Å². The summed E-state index contributed by atoms with van der Waals surface area (Å²) in [6, 6.07) is 0. The third kappa shape index (κ3) is 6.91. The Morgan fingerprint density at radius 1 is 0.867 bits per heavy atom. The van der Waals surface area contributed by atoms with E-state index in [9.17, 15) is 0 Å². The summed E-state index contributed by atoms with van der Waals surface area (Å²) in [7, 11) is 3.58. The van der Waals surface area contributed by atoms with Crippen molar-refractivity contribution in [3.05, 3.63) is 0 Å². The van der Waals surface area contributed by atoms with Gasteiger partial charge < -0.3 is 9.47 Å². The molecule has 2 unspecified atom stereocenters. The van der Waals surface area contributed by atoms with E-state index in [1.54, 1.807) is 14.2 Å². The van der Waals surface area contributed by atoms with Crippen LogP contribution in [-0.2, 0) is 9.47 Å². The summed E-state index contributed by atoms with van der Waals surface area (Å²) in [5, 5.41) is 0. The first-order chi connectivity index (χ1) is 7.15. The maximum atomic E-state index is 5.31. The number of rotatable bonds is 9. The van der Waals surface area contributed by atoms with Crippen molar-refractivity contribution in [3.63, 3.8) is 0 Å². The van der Waals surface area contributed by atoms with E-state index in [4.69, 9.17) is 9.47 Å². The Labute approximate surface area is 95.3 Å². The Balaban J connectivity index is 4.07. The molecule has 0 radical (unpaired) electrons. The van der Waals surface area contributed by atoms with Crippen LogP contribution in [0.2, 0.25) is 0 Å². The number of hydrogen-bond donors (Lipinski definition) is 0. The minimum atomic E-state index is 0.647. The second-order valence-corrected chi connectivity index (χ2v) is 4.81. The summed E-state index contributed by atoms with van der Waals surface area (Å²) in [6.07, 6.45) is 3.72. The Bertz CT molecular complexity index is 134. The summed E-state index contributed by atoms with van der Waals surface area (Å²) < 4.78 is 10.6. The summed E-state index contributed by atoms with van der Waals surface area (Å²) in [4.78, 5) is 0. The molecular formula is C13H28O2. The second-order valence-electron chi connectivity index (χ2n) is 4.81. The fourth-order valence-corrected chi connectivity index (χ4v) is 2.02. The summed E-state index contributed by atoms with van der Waals surface area (Å²) in [5.74, 6) is 2.08. The van der Waals surface area contributed by atoms with E-state index in [1.165, 1.54) is 19.3 Å². The molecule has 0 aromatic carbocycles. The molecule has 2 atom stereocenters. The monoisotopic (exact) mass is 216 g/mol. The van der Waals surface area contributed by atoms with Crippen LogP contribution in [0.5, 0.6) is 0 Å². The van der Waals surface area contributed by atoms with E-state index in [-0.39, 0.29) is 0 Å². The molecule has 0 aromatic heterocycles. The fraction of sp³-hybridized carbons (Fsp3) is 1.00. The quantitative estimate of drug-likeness (QED) is 0.588. The van der Waals surface area contributed by atoms with Gasteiger partial charge in [-0.3, -0.25) is 0 Å². The van der Waals surface area contributed by atoms with E-state index in [2.05, 4.69) is 20.8 Å². The first-order valence-corrected chi connectivity index (χ1v) is 6.13. The maximum Gasteiger partial charge on any atom is 0.0493 e. The summed E-state index contributed by atoms with van der Waals surface area (Å²) in [6.45, 7) is 8.53. The SMILES string of the molecule is CCC(COC)C(CCC(C)C)COC. The minimum Gasteiger partial charge on any atom is -0.384 e. The summed E-state index contributed by atoms with van der Waals surface area (Å²) in [5.41, 5.74) is 0. The van der Waals surface area contributed by atoms with Crippen molar-refractivity contribution in [1.82, 2.24) is 0 Å². The summed E-state index contributed by atoms with van der Waals surface area (Å²) >= 11 is 0. The van der Waals surface area contributed by atoms with Crippen molar-refractivity contribution in [1.29, 1.82) is 0 Å². The number of ether oxygens (including phenoxy) is 2. The number of methoxy groups -OCH3 is 2. The zero-order chi connectivity index (χ0) is 11.7. The molecule has 0 aromatic rings. The molecule has 0 rings (SSSR count). The molecule has 0 aliphatic carbocycles. The van der Waals surface area contributed by atoms with Gasteiger partial charge in [-0.05, 0) is 24.2 Å². The molecule has 2 nitrogen and oxygen atoms in total. The second kappa shape index (κ2) is 9.17. The lowest BCUT2D eigenvalue weighted by Crippen LogP contribution is -2.23. The van der Waals surface area contributed by atoms with Crippen molar-refractivity contribution < 1.29 is 9.47 Å². The fourth-order valence-electron chi connectivity index (χ4n) is 2.02. The van der Waals surface area contributed by atoms with Gasteiger partial charge in [0.05, 0.1) is 0 Å². The highest BCUT2D eigenvalue weighted by Gasteiger charge is 2.19. The molecule has 0 amide bonds. The molecule has 0 saturated carbocycles. The third-order valence-corrected chi connectivity index (χ3v) is 3.07. The molecule has 0 bridgehead atoms. The largest absolute Gasteiger partial charge is 0.384 e. The lowest BCUT2D eigenvalue weighted by atomic mass is 9.86. The molecule has 2 heteroatoms. The number of hydrogen-bond acceptors (Lipinski definition) is 2. The van der Waals surface area contributed by atoms with Gasteiger partial charge in [0.2, 0.25) is 0 Å². The van der Waals surface area contributed by atoms with Gasteiger partial charge in [-0.1, -0.05) is 33.6 Å². The Morgan fingerprint density at radius 2 is 1.40 bits per heavy atom. The van der Waals surface area contributed by atoms with Crippen molar-refractivity contribution in [2.45, 2.75) is 40.0 Å². The Hall–Kier alpha value is -0.0800. The average molecular weight is 216 g/mol. The van der Waals surface area contributed by atoms with Gasteiger partial charge in [-0.25, -0.2) is 0 Å². The standard InChI is InChI=1S/C13H28O2/c1-6-12(9-14-4)13(10-15-5)8-7-11(2)3/h11-13H,6-10H2,1-5H3. The molecule has 0 fully saturated rings. The lowest BCUT2D eigenvalue weighted by molar-refractivity contribution is 0.0614. The molecule has 0 aliphatic heterocycles. The highest BCUT2D eigenvalue weighted by atomic mass is 16.5. The molecular weight excluding hydrogens is 188 g/mol. The maximum absolute atomic E-state index is 5.31. The molecule has 15 heavy (non-hydrogen) atoms. The van der Waals surface area contributed by atoms with Crippen molar-refractivity contribution in [3.8, 4) is 0 Å². The van der Waals surface area contributed by atoms with Crippen LogP contribution in [0, 0.1) is 17.8 Å². The van der Waals surface area contributed by atoms with Crippen LogP contribution in [0.3, 0.4) is 0 Å². The van der Waals surface area contributed by atoms with E-state index < -0.39 is 0 Å². The van der Waals surface area contributed by atoms with Crippen LogP contribution in [0.1, 0.15) is 40.0 Å². The van der Waals surface area contributed by atoms with Crippen LogP contribution >= 0.6 is 0 Å². The van der Waals surface area contributed by atoms with Crippen LogP contribution in [-0.4, -0.2) is 27.4 Å². The van der Waals surface area contributed by atoms with Gasteiger partial charge in [0.15, 0.2) is 0 Å². The van der Waals surface area contributed by atoms with Gasteiger partial charge >= 0.3 is 0 Å². The van der Waals surface area contributed by atoms with E-state index in [0.717, 1.165) is 19.1 Å². The normalized spacial score (nSPS) is 15.6. The molecule has 92 valence electrons. The van der Waals surface area contributed by atoms with Crippen LogP contribution in [0.15, 0.2) is 0 Å². The van der Waals surface area contributed by atoms with E-state index in [1.807, 2.05) is 0 Å². The Kier molecular flexibility index (Phi) is 9.12. The smallest absolute Gasteiger partial charge is 0.0493 e. The first kappa shape index (κ1) is 14.9. The van der Waals surface area contributed by atoms with Crippen molar-refractivity contribution in [2.24, 2.45) is 17.8 Å². The van der Waals surface area contributed by atoms with Gasteiger partial charge in [-0.15, -0.1) is 0 Å². The predicted molar refractivity (Wildman–Crippen MR) is 65.1 cm³/mol.